The number of carbonyl (C=O) groups is 2. The van der Waals surface area contributed by atoms with Crippen LogP contribution in [0.5, 0.6) is 17.2 Å². The minimum Gasteiger partial charge on any atom is -0.496 e. The molecule has 2 bridgehead atoms. The summed E-state index contributed by atoms with van der Waals surface area (Å²) in [6.45, 7) is 5.20. The second kappa shape index (κ2) is 7.41. The van der Waals surface area contributed by atoms with E-state index in [2.05, 4.69) is 10.2 Å². The molecule has 1 aromatic carbocycles. The third kappa shape index (κ3) is 2.97. The Bertz CT molecular complexity index is 985. The van der Waals surface area contributed by atoms with Crippen LogP contribution in [-0.4, -0.2) is 62.0 Å². The van der Waals surface area contributed by atoms with Crippen molar-refractivity contribution in [3.8, 4) is 17.2 Å². The SMILES string of the molecule is COc1cc(OC)c2c(c1Cl)O[C@@]1(C(=O)C=C(NC3CN4CCC3CC4)C[C@H]1C)C2=O. The summed E-state index contributed by atoms with van der Waals surface area (Å²) >= 11 is 6.44. The van der Waals surface area contributed by atoms with E-state index in [1.54, 1.807) is 12.1 Å². The zero-order valence-electron chi connectivity index (χ0n) is 18.0. The summed E-state index contributed by atoms with van der Waals surface area (Å²) in [5, 5.41) is 3.78. The zero-order chi connectivity index (χ0) is 21.9. The van der Waals surface area contributed by atoms with Gasteiger partial charge in [-0.25, -0.2) is 0 Å². The molecular weight excluding hydrogens is 420 g/mol. The summed E-state index contributed by atoms with van der Waals surface area (Å²) in [5.74, 6) is 0.297. The molecule has 8 heteroatoms. The average molecular weight is 447 g/mol. The number of nitrogens with one attached hydrogen (secondary N) is 1. The predicted octanol–water partition coefficient (Wildman–Crippen LogP) is 2.85. The van der Waals surface area contributed by atoms with E-state index in [4.69, 9.17) is 25.8 Å². The Labute approximate surface area is 186 Å². The maximum atomic E-state index is 13.5. The largest absolute Gasteiger partial charge is 0.496 e. The van der Waals surface area contributed by atoms with Crippen molar-refractivity contribution in [2.45, 2.75) is 37.8 Å². The molecule has 0 radical (unpaired) electrons. The topological polar surface area (TPSA) is 77.1 Å². The second-order valence-electron chi connectivity index (χ2n) is 8.99. The van der Waals surface area contributed by atoms with Gasteiger partial charge in [-0.05, 0) is 38.3 Å². The molecule has 0 saturated carbocycles. The Morgan fingerprint density at radius 2 is 1.90 bits per heavy atom. The van der Waals surface area contributed by atoms with Crippen molar-refractivity contribution >= 4 is 23.2 Å². The highest BCUT2D eigenvalue weighted by atomic mass is 35.5. The summed E-state index contributed by atoms with van der Waals surface area (Å²) in [4.78, 5) is 29.4. The van der Waals surface area contributed by atoms with Crippen LogP contribution in [0.15, 0.2) is 17.8 Å². The normalized spacial score (nSPS) is 33.7. The molecule has 1 spiro atoms. The first kappa shape index (κ1) is 20.6. The number of hydrogen-bond donors (Lipinski definition) is 1. The molecule has 3 fully saturated rings. The number of allylic oxidation sites excluding steroid dienone is 1. The molecular formula is C23H27ClN2O5. The maximum Gasteiger partial charge on any atom is 0.236 e. The maximum absolute atomic E-state index is 13.5. The molecule has 31 heavy (non-hydrogen) atoms. The van der Waals surface area contributed by atoms with Crippen LogP contribution in [0, 0.1) is 11.8 Å². The van der Waals surface area contributed by atoms with Crippen LogP contribution >= 0.6 is 11.6 Å². The van der Waals surface area contributed by atoms with Crippen molar-refractivity contribution in [1.82, 2.24) is 10.2 Å². The van der Waals surface area contributed by atoms with Crippen molar-refractivity contribution in [1.29, 1.82) is 0 Å². The Morgan fingerprint density at radius 1 is 1.19 bits per heavy atom. The molecule has 1 N–H and O–H groups in total. The van der Waals surface area contributed by atoms with Crippen LogP contribution in [0.2, 0.25) is 5.02 Å². The molecule has 0 amide bonds. The van der Waals surface area contributed by atoms with Gasteiger partial charge >= 0.3 is 0 Å². The molecule has 3 saturated heterocycles. The average Bonchev–Trinajstić information content (AvgIpc) is 3.09. The fourth-order valence-corrected chi connectivity index (χ4v) is 5.86. The van der Waals surface area contributed by atoms with Gasteiger partial charge in [0.2, 0.25) is 17.2 Å². The number of ketones is 2. The minimum atomic E-state index is -1.62. The van der Waals surface area contributed by atoms with Gasteiger partial charge < -0.3 is 24.4 Å². The van der Waals surface area contributed by atoms with Crippen LogP contribution in [-0.2, 0) is 4.79 Å². The van der Waals surface area contributed by atoms with Crippen molar-refractivity contribution in [3.05, 3.63) is 28.4 Å². The summed E-state index contributed by atoms with van der Waals surface area (Å²) in [7, 11) is 2.94. The number of ether oxygens (including phenoxy) is 3. The lowest BCUT2D eigenvalue weighted by molar-refractivity contribution is -0.129. The number of Topliss-reactive ketones (excluding diaryl/α,β-unsaturated/α-hetero) is 1. The highest BCUT2D eigenvalue weighted by Gasteiger charge is 2.60. The molecule has 0 aromatic heterocycles. The van der Waals surface area contributed by atoms with E-state index in [0.29, 0.717) is 29.9 Å². The fourth-order valence-electron chi connectivity index (χ4n) is 5.60. The van der Waals surface area contributed by atoms with E-state index in [9.17, 15) is 9.59 Å². The summed E-state index contributed by atoms with van der Waals surface area (Å²) in [5.41, 5.74) is -0.535. The number of methoxy groups -OCH3 is 2. The van der Waals surface area contributed by atoms with E-state index in [0.717, 1.165) is 25.3 Å². The molecule has 7 nitrogen and oxygen atoms in total. The third-order valence-corrected chi connectivity index (χ3v) is 7.69. The summed E-state index contributed by atoms with van der Waals surface area (Å²) in [6.07, 6.45) is 4.48. The number of nitrogens with zero attached hydrogens (tertiary/aromatic N) is 1. The second-order valence-corrected chi connectivity index (χ2v) is 9.37. The smallest absolute Gasteiger partial charge is 0.236 e. The Kier molecular flexibility index (Phi) is 4.94. The van der Waals surface area contributed by atoms with Gasteiger partial charge in [0.1, 0.15) is 22.1 Å². The van der Waals surface area contributed by atoms with Crippen LogP contribution in [0.1, 0.15) is 36.5 Å². The van der Waals surface area contributed by atoms with E-state index >= 15 is 0 Å². The highest BCUT2D eigenvalue weighted by Crippen LogP contribution is 2.53. The highest BCUT2D eigenvalue weighted by molar-refractivity contribution is 6.36. The van der Waals surface area contributed by atoms with Gasteiger partial charge in [-0.1, -0.05) is 18.5 Å². The molecule has 4 heterocycles. The Hall–Kier alpha value is -2.25. The number of piperidine rings is 3. The number of rotatable bonds is 4. The molecule has 166 valence electrons. The summed E-state index contributed by atoms with van der Waals surface area (Å²) < 4.78 is 16.8. The van der Waals surface area contributed by atoms with Crippen LogP contribution in [0.3, 0.4) is 0 Å². The summed E-state index contributed by atoms with van der Waals surface area (Å²) in [6, 6.07) is 1.90. The van der Waals surface area contributed by atoms with E-state index in [1.807, 2.05) is 6.92 Å². The van der Waals surface area contributed by atoms with Gasteiger partial charge in [-0.3, -0.25) is 9.59 Å². The first-order valence-electron chi connectivity index (χ1n) is 10.8. The lowest BCUT2D eigenvalue weighted by Crippen LogP contribution is -2.58. The van der Waals surface area contributed by atoms with Crippen molar-refractivity contribution in [2.24, 2.45) is 11.8 Å². The third-order valence-electron chi connectivity index (χ3n) is 7.34. The van der Waals surface area contributed by atoms with Crippen LogP contribution in [0.25, 0.3) is 0 Å². The Morgan fingerprint density at radius 3 is 2.48 bits per heavy atom. The van der Waals surface area contributed by atoms with E-state index in [-0.39, 0.29) is 28.0 Å². The van der Waals surface area contributed by atoms with Crippen LogP contribution < -0.4 is 19.5 Å². The lowest BCUT2D eigenvalue weighted by atomic mass is 9.74. The van der Waals surface area contributed by atoms with Gasteiger partial charge in [0, 0.05) is 36.3 Å². The molecule has 1 aliphatic carbocycles. The van der Waals surface area contributed by atoms with E-state index < -0.39 is 11.4 Å². The quantitative estimate of drug-likeness (QED) is 0.712. The molecule has 6 rings (SSSR count). The van der Waals surface area contributed by atoms with Gasteiger partial charge in [-0.2, -0.15) is 0 Å². The standard InChI is InChI=1S/C23H27ClN2O5/c1-12-8-14(25-15-11-26-6-4-13(15)5-7-26)9-18(27)23(12)22(28)19-16(29-2)10-17(30-3)20(24)21(19)31-23/h9-10,12-13,15,25H,4-8,11H2,1-3H3/t12-,15?,23+/m1/s1. The van der Waals surface area contributed by atoms with Gasteiger partial charge in [-0.15, -0.1) is 0 Å². The number of hydrogen-bond acceptors (Lipinski definition) is 7. The lowest BCUT2D eigenvalue weighted by Gasteiger charge is -2.46. The van der Waals surface area contributed by atoms with Crippen LogP contribution in [0.4, 0.5) is 0 Å². The first-order valence-corrected chi connectivity index (χ1v) is 11.2. The molecule has 5 aliphatic rings. The van der Waals surface area contributed by atoms with Gasteiger partial charge in [0.25, 0.3) is 0 Å². The number of fused-ring (bicyclic) bond motifs is 4. The van der Waals surface area contributed by atoms with Crippen molar-refractivity contribution in [2.75, 3.05) is 33.9 Å². The minimum absolute atomic E-state index is 0.158. The Balaban J connectivity index is 1.46. The monoisotopic (exact) mass is 446 g/mol. The fraction of sp³-hybridized carbons (Fsp3) is 0.565. The van der Waals surface area contributed by atoms with Gasteiger partial charge in [0.15, 0.2) is 5.75 Å². The molecule has 1 unspecified atom stereocenters. The van der Waals surface area contributed by atoms with Crippen molar-refractivity contribution in [3.63, 3.8) is 0 Å². The first-order chi connectivity index (χ1) is 14.9. The molecule has 1 aromatic rings. The molecule has 3 atom stereocenters. The predicted molar refractivity (Wildman–Crippen MR) is 115 cm³/mol. The van der Waals surface area contributed by atoms with Crippen molar-refractivity contribution < 1.29 is 23.8 Å². The van der Waals surface area contributed by atoms with Gasteiger partial charge in [0.05, 0.1) is 14.2 Å². The zero-order valence-corrected chi connectivity index (χ0v) is 18.8. The molecule has 4 aliphatic heterocycles. The van der Waals surface area contributed by atoms with E-state index in [1.165, 1.54) is 27.1 Å². The number of benzene rings is 1. The number of halogens is 1. The number of carbonyl (C=O) groups excluding carboxylic acids is 2.